The van der Waals surface area contributed by atoms with Gasteiger partial charge in [0.25, 0.3) is 0 Å². The Balaban J connectivity index is 1.73. The Morgan fingerprint density at radius 2 is 2.17 bits per heavy atom. The van der Waals surface area contributed by atoms with Crippen LogP contribution in [0, 0.1) is 0 Å². The molecule has 1 aliphatic rings. The highest BCUT2D eigenvalue weighted by Gasteiger charge is 2.35. The van der Waals surface area contributed by atoms with Crippen LogP contribution in [0.1, 0.15) is 11.3 Å². The molecule has 1 fully saturated rings. The van der Waals surface area contributed by atoms with E-state index in [9.17, 15) is 5.11 Å². The Morgan fingerprint density at radius 1 is 1.33 bits per heavy atom. The lowest BCUT2D eigenvalue weighted by atomic mass is 10.1. The molecule has 1 aromatic carbocycles. The maximum Gasteiger partial charge on any atom is 0.102 e. The highest BCUT2D eigenvalue weighted by Crippen LogP contribution is 2.28. The average molecular weight is 263 g/mol. The zero-order valence-corrected chi connectivity index (χ0v) is 11.0. The zero-order chi connectivity index (χ0) is 12.6. The molecule has 1 saturated heterocycles. The maximum absolute atomic E-state index is 10.00. The van der Waals surface area contributed by atoms with E-state index < -0.39 is 5.60 Å². The van der Waals surface area contributed by atoms with Gasteiger partial charge in [0.2, 0.25) is 0 Å². The van der Waals surface area contributed by atoms with Gasteiger partial charge in [-0.2, -0.15) is 0 Å². The number of aliphatic hydroxyl groups is 2. The van der Waals surface area contributed by atoms with E-state index in [-0.39, 0.29) is 6.61 Å². The van der Waals surface area contributed by atoms with E-state index in [2.05, 4.69) is 35.2 Å². The van der Waals surface area contributed by atoms with Crippen molar-refractivity contribution >= 4 is 21.4 Å². The van der Waals surface area contributed by atoms with E-state index in [4.69, 9.17) is 5.11 Å². The van der Waals surface area contributed by atoms with Gasteiger partial charge in [0, 0.05) is 29.2 Å². The fourth-order valence-electron chi connectivity index (χ4n) is 2.54. The number of hydrogen-bond acceptors (Lipinski definition) is 4. The van der Waals surface area contributed by atoms with Gasteiger partial charge in [0.1, 0.15) is 5.60 Å². The average Bonchev–Trinajstić information content (AvgIpc) is 2.93. The Morgan fingerprint density at radius 3 is 2.89 bits per heavy atom. The largest absolute Gasteiger partial charge is 0.393 e. The zero-order valence-electron chi connectivity index (χ0n) is 10.2. The molecular formula is C14H17NO2S. The van der Waals surface area contributed by atoms with Crippen LogP contribution >= 0.6 is 11.3 Å². The molecule has 0 bridgehead atoms. The summed E-state index contributed by atoms with van der Waals surface area (Å²) in [4.78, 5) is 3.53. The minimum absolute atomic E-state index is 0.143. The van der Waals surface area contributed by atoms with Crippen LogP contribution in [0.3, 0.4) is 0 Å². The van der Waals surface area contributed by atoms with Crippen molar-refractivity contribution in [3.05, 3.63) is 35.2 Å². The van der Waals surface area contributed by atoms with Gasteiger partial charge in [-0.05, 0) is 23.9 Å². The maximum atomic E-state index is 10.00. The van der Waals surface area contributed by atoms with Gasteiger partial charge in [-0.25, -0.2) is 0 Å². The molecule has 1 aromatic heterocycles. The molecule has 0 saturated carbocycles. The van der Waals surface area contributed by atoms with Crippen molar-refractivity contribution in [1.82, 2.24) is 4.90 Å². The Hall–Kier alpha value is -0.940. The minimum atomic E-state index is -0.892. The number of fused-ring (bicyclic) bond motifs is 1. The number of thiophene rings is 1. The third kappa shape index (κ3) is 2.29. The molecule has 4 heteroatoms. The Bertz CT molecular complexity index is 520. The van der Waals surface area contributed by atoms with Crippen molar-refractivity contribution in [1.29, 1.82) is 0 Å². The van der Waals surface area contributed by atoms with Crippen LogP contribution in [0.25, 0.3) is 10.1 Å². The SMILES string of the molecule is OCC1(O)CCN(Cc2cc3ccccc3s2)C1. The standard InChI is InChI=1S/C14H17NO2S/c16-10-14(17)5-6-15(9-14)8-12-7-11-3-1-2-4-13(11)18-12/h1-4,7,16-17H,5-6,8-10H2. The molecule has 3 rings (SSSR count). The molecule has 18 heavy (non-hydrogen) atoms. The number of benzene rings is 1. The molecule has 1 aliphatic heterocycles. The monoisotopic (exact) mass is 263 g/mol. The topological polar surface area (TPSA) is 43.7 Å². The van der Waals surface area contributed by atoms with E-state index in [1.54, 1.807) is 11.3 Å². The molecule has 2 heterocycles. The molecule has 2 N–H and O–H groups in total. The van der Waals surface area contributed by atoms with Crippen LogP contribution in [-0.2, 0) is 6.54 Å². The smallest absolute Gasteiger partial charge is 0.102 e. The lowest BCUT2D eigenvalue weighted by molar-refractivity contribution is -0.00574. The van der Waals surface area contributed by atoms with Gasteiger partial charge in [0.05, 0.1) is 6.61 Å². The molecule has 0 aliphatic carbocycles. The first-order valence-corrected chi connectivity index (χ1v) is 7.03. The first-order chi connectivity index (χ1) is 8.68. The van der Waals surface area contributed by atoms with Crippen LogP contribution in [0.5, 0.6) is 0 Å². The van der Waals surface area contributed by atoms with Gasteiger partial charge in [0.15, 0.2) is 0 Å². The molecule has 1 unspecified atom stereocenters. The van der Waals surface area contributed by atoms with Crippen LogP contribution in [0.15, 0.2) is 30.3 Å². The quantitative estimate of drug-likeness (QED) is 0.888. The first kappa shape index (κ1) is 12.1. The third-order valence-corrected chi connectivity index (χ3v) is 4.66. The van der Waals surface area contributed by atoms with Crippen molar-refractivity contribution < 1.29 is 10.2 Å². The second-order valence-electron chi connectivity index (χ2n) is 5.09. The van der Waals surface area contributed by atoms with Crippen molar-refractivity contribution in [2.45, 2.75) is 18.6 Å². The fourth-order valence-corrected chi connectivity index (χ4v) is 3.65. The minimum Gasteiger partial charge on any atom is -0.393 e. The predicted octanol–water partition coefficient (Wildman–Crippen LogP) is 1.83. The number of β-amino-alcohol motifs (C(OH)–C–C–N with tert-alkyl or cyclic N) is 1. The molecule has 3 nitrogen and oxygen atoms in total. The molecule has 2 aromatic rings. The van der Waals surface area contributed by atoms with E-state index >= 15 is 0 Å². The van der Waals surface area contributed by atoms with Gasteiger partial charge in [-0.1, -0.05) is 18.2 Å². The summed E-state index contributed by atoms with van der Waals surface area (Å²) < 4.78 is 1.31. The number of nitrogens with zero attached hydrogens (tertiary/aromatic N) is 1. The number of hydrogen-bond donors (Lipinski definition) is 2. The Labute approximate surface area is 110 Å². The normalized spacial score (nSPS) is 25.0. The summed E-state index contributed by atoms with van der Waals surface area (Å²) in [6, 6.07) is 10.6. The summed E-state index contributed by atoms with van der Waals surface area (Å²) in [6.07, 6.45) is 0.661. The Kier molecular flexibility index (Phi) is 3.11. The summed E-state index contributed by atoms with van der Waals surface area (Å²) in [7, 11) is 0. The summed E-state index contributed by atoms with van der Waals surface area (Å²) in [6.45, 7) is 2.14. The molecule has 0 amide bonds. The second kappa shape index (κ2) is 4.63. The van der Waals surface area contributed by atoms with Crippen LogP contribution in [0.4, 0.5) is 0 Å². The van der Waals surface area contributed by atoms with Crippen molar-refractivity contribution in [2.75, 3.05) is 19.7 Å². The van der Waals surface area contributed by atoms with Crippen LogP contribution in [-0.4, -0.2) is 40.4 Å². The van der Waals surface area contributed by atoms with Gasteiger partial charge in [-0.15, -0.1) is 11.3 Å². The van der Waals surface area contributed by atoms with Crippen molar-refractivity contribution in [2.24, 2.45) is 0 Å². The van der Waals surface area contributed by atoms with E-state index in [1.807, 2.05) is 0 Å². The molecule has 96 valence electrons. The lowest BCUT2D eigenvalue weighted by Crippen LogP contribution is -2.36. The summed E-state index contributed by atoms with van der Waals surface area (Å²) in [5.41, 5.74) is -0.892. The van der Waals surface area contributed by atoms with Crippen LogP contribution in [0.2, 0.25) is 0 Å². The fraction of sp³-hybridized carbons (Fsp3) is 0.429. The van der Waals surface area contributed by atoms with Gasteiger partial charge >= 0.3 is 0 Å². The number of rotatable bonds is 3. The second-order valence-corrected chi connectivity index (χ2v) is 6.26. The van der Waals surface area contributed by atoms with E-state index in [0.717, 1.165) is 13.1 Å². The van der Waals surface area contributed by atoms with Crippen molar-refractivity contribution in [3.8, 4) is 0 Å². The van der Waals surface area contributed by atoms with Gasteiger partial charge in [-0.3, -0.25) is 4.90 Å². The number of likely N-dealkylation sites (tertiary alicyclic amines) is 1. The summed E-state index contributed by atoms with van der Waals surface area (Å²) in [5.74, 6) is 0. The highest BCUT2D eigenvalue weighted by molar-refractivity contribution is 7.19. The molecular weight excluding hydrogens is 246 g/mol. The van der Waals surface area contributed by atoms with Gasteiger partial charge < -0.3 is 10.2 Å². The highest BCUT2D eigenvalue weighted by atomic mass is 32.1. The van der Waals surface area contributed by atoms with E-state index in [0.29, 0.717) is 13.0 Å². The lowest BCUT2D eigenvalue weighted by Gasteiger charge is -2.20. The number of aliphatic hydroxyl groups excluding tert-OH is 1. The molecule has 0 spiro atoms. The van der Waals surface area contributed by atoms with E-state index in [1.165, 1.54) is 15.0 Å². The van der Waals surface area contributed by atoms with Crippen LogP contribution < -0.4 is 0 Å². The summed E-state index contributed by atoms with van der Waals surface area (Å²) in [5, 5.41) is 20.4. The predicted molar refractivity (Wildman–Crippen MR) is 73.8 cm³/mol. The molecule has 0 radical (unpaired) electrons. The molecule has 1 atom stereocenters. The van der Waals surface area contributed by atoms with Crippen molar-refractivity contribution in [3.63, 3.8) is 0 Å². The third-order valence-electron chi connectivity index (χ3n) is 3.56. The first-order valence-electron chi connectivity index (χ1n) is 6.22. The summed E-state index contributed by atoms with van der Waals surface area (Å²) >= 11 is 1.81.